The summed E-state index contributed by atoms with van der Waals surface area (Å²) in [6.07, 6.45) is 3.15. The van der Waals surface area contributed by atoms with Gasteiger partial charge < -0.3 is 9.73 Å². The topological polar surface area (TPSA) is 71.3 Å². The minimum atomic E-state index is -0.536. The number of nitrogens with one attached hydrogen (secondary N) is 2. The molecule has 0 aromatic carbocycles. The van der Waals surface area contributed by atoms with Crippen LogP contribution in [0.4, 0.5) is 4.79 Å². The third-order valence-electron chi connectivity index (χ3n) is 1.61. The van der Waals surface area contributed by atoms with E-state index in [4.69, 9.17) is 16.0 Å². The fourth-order valence-corrected chi connectivity index (χ4v) is 1.07. The summed E-state index contributed by atoms with van der Waals surface area (Å²) in [5.74, 6) is -0.199. The number of furan rings is 1. The highest BCUT2D eigenvalue weighted by Crippen LogP contribution is 1.98. The second-order valence-corrected chi connectivity index (χ2v) is 3.18. The van der Waals surface area contributed by atoms with Gasteiger partial charge in [-0.1, -0.05) is 0 Å². The van der Waals surface area contributed by atoms with Gasteiger partial charge in [0.25, 0.3) is 0 Å². The molecule has 0 bridgehead atoms. The van der Waals surface area contributed by atoms with Crippen LogP contribution in [-0.2, 0) is 11.3 Å². The number of amides is 3. The minimum absolute atomic E-state index is 0.126. The predicted molar refractivity (Wildman–Crippen MR) is 54.4 cm³/mol. The van der Waals surface area contributed by atoms with Crippen LogP contribution in [0.1, 0.15) is 12.0 Å². The number of hydrogen-bond acceptors (Lipinski definition) is 3. The van der Waals surface area contributed by atoms with Crippen molar-refractivity contribution in [2.24, 2.45) is 0 Å². The highest BCUT2D eigenvalue weighted by molar-refractivity contribution is 6.19. The van der Waals surface area contributed by atoms with Crippen LogP contribution in [0, 0.1) is 0 Å². The van der Waals surface area contributed by atoms with E-state index in [-0.39, 0.29) is 12.3 Å². The number of urea groups is 1. The van der Waals surface area contributed by atoms with Crippen LogP contribution in [0.5, 0.6) is 0 Å². The Hall–Kier alpha value is -1.49. The normalized spacial score (nSPS) is 9.67. The third kappa shape index (κ3) is 4.51. The van der Waals surface area contributed by atoms with Crippen LogP contribution in [-0.4, -0.2) is 17.8 Å². The maximum atomic E-state index is 11.1. The summed E-state index contributed by atoms with van der Waals surface area (Å²) in [5.41, 5.74) is 0.829. The molecule has 0 atom stereocenters. The Bertz CT molecular complexity index is 324. The smallest absolute Gasteiger partial charge is 0.321 e. The van der Waals surface area contributed by atoms with Gasteiger partial charge in [-0.15, -0.1) is 11.6 Å². The molecule has 0 fully saturated rings. The summed E-state index contributed by atoms with van der Waals surface area (Å²) in [4.78, 5) is 22.0. The van der Waals surface area contributed by atoms with Crippen molar-refractivity contribution in [2.45, 2.75) is 13.0 Å². The van der Waals surface area contributed by atoms with Crippen LogP contribution in [0.3, 0.4) is 0 Å². The van der Waals surface area contributed by atoms with Crippen molar-refractivity contribution in [3.05, 3.63) is 24.2 Å². The van der Waals surface area contributed by atoms with E-state index in [1.54, 1.807) is 6.07 Å². The van der Waals surface area contributed by atoms with E-state index >= 15 is 0 Å². The lowest BCUT2D eigenvalue weighted by atomic mass is 10.3. The van der Waals surface area contributed by atoms with Crippen molar-refractivity contribution in [3.63, 3.8) is 0 Å². The first-order valence-electron chi connectivity index (χ1n) is 4.37. The maximum Gasteiger partial charge on any atom is 0.321 e. The van der Waals surface area contributed by atoms with Crippen molar-refractivity contribution in [3.8, 4) is 0 Å². The molecule has 0 saturated heterocycles. The Labute approximate surface area is 91.8 Å². The molecular weight excluding hydrogens is 220 g/mol. The van der Waals surface area contributed by atoms with E-state index < -0.39 is 11.9 Å². The number of alkyl halides is 1. The molecule has 82 valence electrons. The molecule has 1 rings (SSSR count). The lowest BCUT2D eigenvalue weighted by Crippen LogP contribution is -2.39. The van der Waals surface area contributed by atoms with Crippen molar-refractivity contribution in [1.29, 1.82) is 0 Å². The first kappa shape index (κ1) is 11.6. The summed E-state index contributed by atoms with van der Waals surface area (Å²) < 4.78 is 4.81. The maximum absolute atomic E-state index is 11.1. The largest absolute Gasteiger partial charge is 0.472 e. The molecule has 1 heterocycles. The van der Waals surface area contributed by atoms with Crippen molar-refractivity contribution >= 4 is 23.5 Å². The summed E-state index contributed by atoms with van der Waals surface area (Å²) in [5, 5.41) is 4.64. The molecular formula is C9H11ClN2O3. The highest BCUT2D eigenvalue weighted by atomic mass is 35.5. The van der Waals surface area contributed by atoms with Crippen LogP contribution in [0.15, 0.2) is 23.0 Å². The molecule has 5 nitrogen and oxygen atoms in total. The summed E-state index contributed by atoms with van der Waals surface area (Å²) in [6.45, 7) is 0.316. The van der Waals surface area contributed by atoms with Crippen molar-refractivity contribution in [1.82, 2.24) is 10.6 Å². The second-order valence-electron chi connectivity index (χ2n) is 2.80. The molecule has 0 radical (unpaired) electrons. The predicted octanol–water partition coefficient (Wildman–Crippen LogP) is 1.23. The van der Waals surface area contributed by atoms with E-state index in [0.717, 1.165) is 5.56 Å². The molecule has 0 saturated carbocycles. The van der Waals surface area contributed by atoms with Crippen LogP contribution < -0.4 is 10.6 Å². The molecule has 2 N–H and O–H groups in total. The average molecular weight is 231 g/mol. The van der Waals surface area contributed by atoms with Gasteiger partial charge in [0.15, 0.2) is 0 Å². The molecule has 1 aromatic heterocycles. The molecule has 0 aliphatic carbocycles. The molecule has 1 aromatic rings. The SMILES string of the molecule is O=C(CCCl)NC(=O)NCc1ccoc1. The van der Waals surface area contributed by atoms with Gasteiger partial charge in [-0.05, 0) is 6.07 Å². The fourth-order valence-electron chi connectivity index (χ4n) is 0.895. The van der Waals surface area contributed by atoms with Crippen molar-refractivity contribution < 1.29 is 14.0 Å². The Morgan fingerprint density at radius 3 is 2.87 bits per heavy atom. The van der Waals surface area contributed by atoms with Gasteiger partial charge in [0.1, 0.15) is 0 Å². The number of imide groups is 1. The van der Waals surface area contributed by atoms with Gasteiger partial charge >= 0.3 is 6.03 Å². The number of hydrogen-bond donors (Lipinski definition) is 2. The first-order chi connectivity index (χ1) is 7.22. The van der Waals surface area contributed by atoms with E-state index in [9.17, 15) is 9.59 Å². The Balaban J connectivity index is 2.22. The molecule has 0 spiro atoms. The summed E-state index contributed by atoms with van der Waals surface area (Å²) in [7, 11) is 0. The van der Waals surface area contributed by atoms with E-state index in [1.807, 2.05) is 0 Å². The molecule has 3 amide bonds. The van der Waals surface area contributed by atoms with E-state index in [2.05, 4.69) is 10.6 Å². The Kier molecular flexibility index (Phi) is 4.70. The van der Waals surface area contributed by atoms with Crippen molar-refractivity contribution in [2.75, 3.05) is 5.88 Å². The van der Waals surface area contributed by atoms with Gasteiger partial charge in [-0.25, -0.2) is 4.79 Å². The fraction of sp³-hybridized carbons (Fsp3) is 0.333. The van der Waals surface area contributed by atoms with Crippen LogP contribution in [0.25, 0.3) is 0 Å². The van der Waals surface area contributed by atoms with Gasteiger partial charge in [0, 0.05) is 24.4 Å². The summed E-state index contributed by atoms with van der Waals surface area (Å²) >= 11 is 5.33. The number of carbonyl (C=O) groups is 2. The van der Waals surface area contributed by atoms with E-state index in [0.29, 0.717) is 6.54 Å². The van der Waals surface area contributed by atoms with Gasteiger partial charge in [-0.3, -0.25) is 10.1 Å². The Morgan fingerprint density at radius 1 is 1.47 bits per heavy atom. The van der Waals surface area contributed by atoms with Gasteiger partial charge in [0.05, 0.1) is 12.5 Å². The third-order valence-corrected chi connectivity index (χ3v) is 1.80. The van der Waals surface area contributed by atoms with E-state index in [1.165, 1.54) is 12.5 Å². The monoisotopic (exact) mass is 230 g/mol. The number of halogens is 1. The van der Waals surface area contributed by atoms with Crippen LogP contribution in [0.2, 0.25) is 0 Å². The molecule has 0 aliphatic rings. The molecule has 0 unspecified atom stereocenters. The van der Waals surface area contributed by atoms with Crippen LogP contribution >= 0.6 is 11.6 Å². The van der Waals surface area contributed by atoms with Gasteiger partial charge in [0.2, 0.25) is 5.91 Å². The molecule has 0 aliphatic heterocycles. The minimum Gasteiger partial charge on any atom is -0.472 e. The number of rotatable bonds is 4. The zero-order valence-electron chi connectivity index (χ0n) is 7.96. The first-order valence-corrected chi connectivity index (χ1v) is 4.90. The Morgan fingerprint density at radius 2 is 2.27 bits per heavy atom. The summed E-state index contributed by atoms with van der Waals surface area (Å²) in [6, 6.07) is 1.19. The standard InChI is InChI=1S/C9H11ClN2O3/c10-3-1-8(13)12-9(14)11-5-7-2-4-15-6-7/h2,4,6H,1,3,5H2,(H2,11,12,13,14). The zero-order valence-corrected chi connectivity index (χ0v) is 8.71. The lowest BCUT2D eigenvalue weighted by molar-refractivity contribution is -0.119. The molecule has 6 heteroatoms. The lowest BCUT2D eigenvalue weighted by Gasteiger charge is -2.04. The number of carbonyl (C=O) groups excluding carboxylic acids is 2. The second kappa shape index (κ2) is 6.08. The quantitative estimate of drug-likeness (QED) is 0.765. The average Bonchev–Trinajstić information content (AvgIpc) is 2.67. The van der Waals surface area contributed by atoms with Gasteiger partial charge in [-0.2, -0.15) is 0 Å². The highest BCUT2D eigenvalue weighted by Gasteiger charge is 2.06. The zero-order chi connectivity index (χ0) is 11.1. The molecule has 15 heavy (non-hydrogen) atoms.